The third-order valence-corrected chi connectivity index (χ3v) is 7.11. The number of anilines is 1. The van der Waals surface area contributed by atoms with Gasteiger partial charge in [0, 0.05) is 18.5 Å². The summed E-state index contributed by atoms with van der Waals surface area (Å²) >= 11 is 2.86. The molecule has 1 fully saturated rings. The lowest BCUT2D eigenvalue weighted by Crippen LogP contribution is -2.14. The summed E-state index contributed by atoms with van der Waals surface area (Å²) < 4.78 is 1.92. The zero-order valence-corrected chi connectivity index (χ0v) is 18.2. The number of carbonyl (C=O) groups is 1. The normalized spacial score (nSPS) is 14.8. The average molecular weight is 429 g/mol. The van der Waals surface area contributed by atoms with Gasteiger partial charge in [0.25, 0.3) is 0 Å². The first-order valence-electron chi connectivity index (χ1n) is 9.82. The van der Waals surface area contributed by atoms with Crippen molar-refractivity contribution in [3.8, 4) is 11.4 Å². The molecule has 29 heavy (non-hydrogen) atoms. The van der Waals surface area contributed by atoms with E-state index in [4.69, 9.17) is 0 Å². The van der Waals surface area contributed by atoms with Crippen molar-refractivity contribution in [2.45, 2.75) is 50.1 Å². The Morgan fingerprint density at radius 2 is 2.03 bits per heavy atom. The smallest absolute Gasteiger partial charge is 0.236 e. The highest BCUT2D eigenvalue weighted by atomic mass is 32.2. The van der Waals surface area contributed by atoms with E-state index in [1.54, 1.807) is 0 Å². The molecule has 1 amide bonds. The minimum absolute atomic E-state index is 0.110. The summed E-state index contributed by atoms with van der Waals surface area (Å²) in [5.74, 6) is 1.43. The molecule has 9 heteroatoms. The lowest BCUT2D eigenvalue weighted by Gasteiger charge is -2.18. The predicted octanol–water partition coefficient (Wildman–Crippen LogP) is 4.42. The van der Waals surface area contributed by atoms with Crippen molar-refractivity contribution in [3.05, 3.63) is 34.8 Å². The number of rotatable bonds is 6. The molecule has 0 bridgehead atoms. The van der Waals surface area contributed by atoms with Crippen molar-refractivity contribution in [3.63, 3.8) is 0 Å². The Kier molecular flexibility index (Phi) is 6.25. The molecular weight excluding hydrogens is 404 g/mol. The Morgan fingerprint density at radius 1 is 1.21 bits per heavy atom. The lowest BCUT2D eigenvalue weighted by molar-refractivity contribution is -0.113. The molecule has 2 heterocycles. The van der Waals surface area contributed by atoms with Gasteiger partial charge in [0.15, 0.2) is 11.0 Å². The quantitative estimate of drug-likeness (QED) is 0.585. The highest BCUT2D eigenvalue weighted by Crippen LogP contribution is 2.35. The van der Waals surface area contributed by atoms with E-state index in [0.717, 1.165) is 16.4 Å². The van der Waals surface area contributed by atoms with Crippen LogP contribution in [0.15, 0.2) is 29.4 Å². The third-order valence-electron chi connectivity index (χ3n) is 5.08. The molecule has 0 radical (unpaired) electrons. The summed E-state index contributed by atoms with van der Waals surface area (Å²) in [5, 5.41) is 22.2. The molecule has 0 saturated heterocycles. The molecular formula is C20H24N6OS2. The predicted molar refractivity (Wildman–Crippen MR) is 116 cm³/mol. The Labute approximate surface area is 178 Å². The van der Waals surface area contributed by atoms with E-state index >= 15 is 0 Å². The van der Waals surface area contributed by atoms with Gasteiger partial charge in [-0.2, -0.15) is 0 Å². The van der Waals surface area contributed by atoms with Gasteiger partial charge in [0.2, 0.25) is 11.0 Å². The molecule has 1 aliphatic carbocycles. The maximum Gasteiger partial charge on any atom is 0.236 e. The lowest BCUT2D eigenvalue weighted by atomic mass is 9.90. The molecule has 1 saturated carbocycles. The SMILES string of the molecule is Cc1cccc(-c2nnc(SCC(=O)Nc3nnc(C4CCCCC4)s3)n2C)c1. The number of aryl methyl sites for hydroxylation is 1. The molecule has 0 aliphatic heterocycles. The Hall–Kier alpha value is -2.26. The second-order valence-electron chi connectivity index (χ2n) is 7.35. The number of thioether (sulfide) groups is 1. The number of carbonyl (C=O) groups excluding carboxylic acids is 1. The highest BCUT2D eigenvalue weighted by molar-refractivity contribution is 7.99. The average Bonchev–Trinajstić information content (AvgIpc) is 3.34. The van der Waals surface area contributed by atoms with Crippen molar-refractivity contribution in [2.75, 3.05) is 11.1 Å². The van der Waals surface area contributed by atoms with Gasteiger partial charge >= 0.3 is 0 Å². The minimum atomic E-state index is -0.110. The summed E-state index contributed by atoms with van der Waals surface area (Å²) in [6.07, 6.45) is 6.17. The van der Waals surface area contributed by atoms with Crippen molar-refractivity contribution >= 4 is 34.1 Å². The van der Waals surface area contributed by atoms with Crippen LogP contribution in [-0.4, -0.2) is 36.6 Å². The van der Waals surface area contributed by atoms with E-state index in [-0.39, 0.29) is 11.7 Å². The third kappa shape index (κ3) is 4.84. The minimum Gasteiger partial charge on any atom is -0.305 e. The van der Waals surface area contributed by atoms with E-state index in [0.29, 0.717) is 16.2 Å². The van der Waals surface area contributed by atoms with Crippen LogP contribution in [0.1, 0.15) is 48.6 Å². The molecule has 0 spiro atoms. The molecule has 152 valence electrons. The number of nitrogens with zero attached hydrogens (tertiary/aromatic N) is 5. The summed E-state index contributed by atoms with van der Waals surface area (Å²) in [4.78, 5) is 12.4. The molecule has 1 N–H and O–H groups in total. The van der Waals surface area contributed by atoms with E-state index in [1.807, 2.05) is 36.7 Å². The van der Waals surface area contributed by atoms with Crippen LogP contribution < -0.4 is 5.32 Å². The van der Waals surface area contributed by atoms with E-state index in [2.05, 4.69) is 31.8 Å². The largest absolute Gasteiger partial charge is 0.305 e. The van der Waals surface area contributed by atoms with Crippen LogP contribution >= 0.6 is 23.1 Å². The van der Waals surface area contributed by atoms with Crippen LogP contribution in [0.3, 0.4) is 0 Å². The van der Waals surface area contributed by atoms with Crippen molar-refractivity contribution in [1.82, 2.24) is 25.0 Å². The van der Waals surface area contributed by atoms with Gasteiger partial charge in [-0.15, -0.1) is 20.4 Å². The number of nitrogens with one attached hydrogen (secondary N) is 1. The summed E-state index contributed by atoms with van der Waals surface area (Å²) in [7, 11) is 1.92. The molecule has 4 rings (SSSR count). The number of benzene rings is 1. The van der Waals surface area contributed by atoms with Crippen LogP contribution in [0.2, 0.25) is 0 Å². The van der Waals surface area contributed by atoms with Crippen LogP contribution in [0.4, 0.5) is 5.13 Å². The van der Waals surface area contributed by atoms with Crippen molar-refractivity contribution in [1.29, 1.82) is 0 Å². The number of aromatic nitrogens is 5. The van der Waals surface area contributed by atoms with Gasteiger partial charge in [-0.3, -0.25) is 10.1 Å². The van der Waals surface area contributed by atoms with Crippen LogP contribution in [0.25, 0.3) is 11.4 Å². The number of hydrogen-bond donors (Lipinski definition) is 1. The van der Waals surface area contributed by atoms with Crippen molar-refractivity contribution < 1.29 is 4.79 Å². The standard InChI is InChI=1S/C20H24N6OS2/c1-13-7-6-10-15(11-13)17-22-25-20(26(17)2)28-12-16(27)21-19-24-23-18(29-19)14-8-4-3-5-9-14/h6-7,10-11,14H,3-5,8-9,12H2,1-2H3,(H,21,24,27). The van der Waals surface area contributed by atoms with E-state index in [1.165, 1.54) is 60.8 Å². The van der Waals surface area contributed by atoms with Gasteiger partial charge < -0.3 is 4.57 Å². The second kappa shape index (κ2) is 9.04. The fourth-order valence-electron chi connectivity index (χ4n) is 3.56. The first-order chi connectivity index (χ1) is 14.1. The summed E-state index contributed by atoms with van der Waals surface area (Å²) in [6, 6.07) is 8.14. The van der Waals surface area contributed by atoms with Gasteiger partial charge in [-0.1, -0.05) is 66.1 Å². The maximum absolute atomic E-state index is 12.4. The molecule has 7 nitrogen and oxygen atoms in total. The van der Waals surface area contributed by atoms with Gasteiger partial charge in [0.1, 0.15) is 5.01 Å². The Bertz CT molecular complexity index is 993. The molecule has 3 aromatic rings. The number of hydrogen-bond acceptors (Lipinski definition) is 7. The zero-order valence-electron chi connectivity index (χ0n) is 16.6. The summed E-state index contributed by atoms with van der Waals surface area (Å²) in [5.41, 5.74) is 2.18. The topological polar surface area (TPSA) is 85.6 Å². The molecule has 1 aromatic carbocycles. The molecule has 0 atom stereocenters. The van der Waals surface area contributed by atoms with Gasteiger partial charge in [0.05, 0.1) is 5.75 Å². The molecule has 1 aliphatic rings. The second-order valence-corrected chi connectivity index (χ2v) is 9.30. The van der Waals surface area contributed by atoms with E-state index in [9.17, 15) is 4.79 Å². The fourth-order valence-corrected chi connectivity index (χ4v) is 5.20. The Morgan fingerprint density at radius 3 is 2.83 bits per heavy atom. The van der Waals surface area contributed by atoms with Gasteiger partial charge in [-0.25, -0.2) is 0 Å². The first kappa shape index (κ1) is 20.0. The number of amides is 1. The van der Waals surface area contributed by atoms with E-state index < -0.39 is 0 Å². The first-order valence-corrected chi connectivity index (χ1v) is 11.6. The van der Waals surface area contributed by atoms with Gasteiger partial charge in [-0.05, 0) is 25.8 Å². The van der Waals surface area contributed by atoms with Crippen LogP contribution in [0.5, 0.6) is 0 Å². The van der Waals surface area contributed by atoms with Crippen LogP contribution in [-0.2, 0) is 11.8 Å². The zero-order chi connectivity index (χ0) is 20.2. The monoisotopic (exact) mass is 428 g/mol. The maximum atomic E-state index is 12.4. The Balaban J connectivity index is 1.34. The fraction of sp³-hybridized carbons (Fsp3) is 0.450. The van der Waals surface area contributed by atoms with Crippen molar-refractivity contribution in [2.24, 2.45) is 7.05 Å². The summed E-state index contributed by atoms with van der Waals surface area (Å²) in [6.45, 7) is 2.05. The molecule has 2 aromatic heterocycles. The molecule has 0 unspecified atom stereocenters. The van der Waals surface area contributed by atoms with Crippen LogP contribution in [0, 0.1) is 6.92 Å². The highest BCUT2D eigenvalue weighted by Gasteiger charge is 2.20.